The van der Waals surface area contributed by atoms with Gasteiger partial charge in [-0.2, -0.15) is 0 Å². The second-order valence-electron chi connectivity index (χ2n) is 7.68. The number of hydrogen-bond acceptors (Lipinski definition) is 6. The maximum absolute atomic E-state index is 12.8. The molecule has 1 aliphatic rings. The van der Waals surface area contributed by atoms with E-state index in [0.29, 0.717) is 17.8 Å². The van der Waals surface area contributed by atoms with Gasteiger partial charge in [0.05, 0.1) is 25.2 Å². The highest BCUT2D eigenvalue weighted by Gasteiger charge is 2.27. The molecule has 1 fully saturated rings. The van der Waals surface area contributed by atoms with Gasteiger partial charge in [0, 0.05) is 43.5 Å². The van der Waals surface area contributed by atoms with Gasteiger partial charge < -0.3 is 19.8 Å². The Morgan fingerprint density at radius 1 is 1.29 bits per heavy atom. The number of oxazole rings is 1. The molecule has 1 amide bonds. The molecule has 3 aromatic rings. The minimum absolute atomic E-state index is 0.0410. The normalized spacial score (nSPS) is 17.0. The SMILES string of the molecule is CCCn1c(=O)oc2cc(NC(=O)CN3CCNCC3c3ccccc3OC)ccc21. The summed E-state index contributed by atoms with van der Waals surface area (Å²) in [4.78, 5) is 27.0. The summed E-state index contributed by atoms with van der Waals surface area (Å²) >= 11 is 0. The second-order valence-corrected chi connectivity index (χ2v) is 7.68. The Morgan fingerprint density at radius 3 is 2.94 bits per heavy atom. The Balaban J connectivity index is 1.49. The summed E-state index contributed by atoms with van der Waals surface area (Å²) in [6.45, 7) is 5.18. The van der Waals surface area contributed by atoms with Crippen LogP contribution >= 0.6 is 0 Å². The van der Waals surface area contributed by atoms with Crippen LogP contribution in [0.15, 0.2) is 51.7 Å². The van der Waals surface area contributed by atoms with Crippen molar-refractivity contribution >= 4 is 22.7 Å². The van der Waals surface area contributed by atoms with Gasteiger partial charge in [-0.15, -0.1) is 0 Å². The fourth-order valence-electron chi connectivity index (χ4n) is 4.15. The van der Waals surface area contributed by atoms with E-state index in [9.17, 15) is 9.59 Å². The quantitative estimate of drug-likeness (QED) is 0.606. The summed E-state index contributed by atoms with van der Waals surface area (Å²) < 4.78 is 12.5. The molecule has 0 bridgehead atoms. The topological polar surface area (TPSA) is 88.7 Å². The van der Waals surface area contributed by atoms with Crippen LogP contribution in [0.1, 0.15) is 24.9 Å². The highest BCUT2D eigenvalue weighted by molar-refractivity contribution is 5.94. The molecule has 0 spiro atoms. The van der Waals surface area contributed by atoms with Crippen LogP contribution in [0.2, 0.25) is 0 Å². The molecule has 8 nitrogen and oxygen atoms in total. The Morgan fingerprint density at radius 2 is 2.13 bits per heavy atom. The van der Waals surface area contributed by atoms with Gasteiger partial charge in [0.25, 0.3) is 0 Å². The highest BCUT2D eigenvalue weighted by atomic mass is 16.5. The van der Waals surface area contributed by atoms with E-state index < -0.39 is 0 Å². The zero-order valence-corrected chi connectivity index (χ0v) is 17.9. The number of methoxy groups -OCH3 is 1. The molecule has 0 radical (unpaired) electrons. The van der Waals surface area contributed by atoms with Crippen molar-refractivity contribution in [3.63, 3.8) is 0 Å². The largest absolute Gasteiger partial charge is 0.496 e. The number of carbonyl (C=O) groups excluding carboxylic acids is 1. The first-order valence-corrected chi connectivity index (χ1v) is 10.6. The Kier molecular flexibility index (Phi) is 6.39. The van der Waals surface area contributed by atoms with E-state index in [1.165, 1.54) is 0 Å². The van der Waals surface area contributed by atoms with E-state index >= 15 is 0 Å². The molecule has 4 rings (SSSR count). The lowest BCUT2D eigenvalue weighted by Gasteiger charge is -2.36. The van der Waals surface area contributed by atoms with Crippen LogP contribution in [-0.4, -0.2) is 48.7 Å². The second kappa shape index (κ2) is 9.36. The van der Waals surface area contributed by atoms with E-state index in [1.807, 2.05) is 37.3 Å². The van der Waals surface area contributed by atoms with Crippen molar-refractivity contribution in [1.82, 2.24) is 14.8 Å². The number of rotatable bonds is 7. The van der Waals surface area contributed by atoms with E-state index in [4.69, 9.17) is 9.15 Å². The molecule has 0 aliphatic carbocycles. The minimum Gasteiger partial charge on any atom is -0.496 e. The van der Waals surface area contributed by atoms with E-state index in [0.717, 1.165) is 42.9 Å². The molecule has 1 unspecified atom stereocenters. The number of hydrogen-bond donors (Lipinski definition) is 2. The smallest absolute Gasteiger partial charge is 0.419 e. The summed E-state index contributed by atoms with van der Waals surface area (Å²) in [6, 6.07) is 13.3. The third-order valence-corrected chi connectivity index (χ3v) is 5.60. The molecule has 2 N–H and O–H groups in total. The number of aromatic nitrogens is 1. The number of benzene rings is 2. The van der Waals surface area contributed by atoms with Crippen molar-refractivity contribution in [2.24, 2.45) is 0 Å². The lowest BCUT2D eigenvalue weighted by atomic mass is 10.0. The third kappa shape index (κ3) is 4.50. The van der Waals surface area contributed by atoms with Crippen LogP contribution < -0.4 is 21.1 Å². The Bertz CT molecular complexity index is 1120. The minimum atomic E-state index is -0.374. The van der Waals surface area contributed by atoms with Crippen LogP contribution in [0, 0.1) is 0 Å². The van der Waals surface area contributed by atoms with Crippen LogP contribution in [0.25, 0.3) is 11.1 Å². The molecule has 1 saturated heterocycles. The van der Waals surface area contributed by atoms with E-state index in [-0.39, 0.29) is 24.2 Å². The lowest BCUT2D eigenvalue weighted by Crippen LogP contribution is -2.48. The first-order valence-electron chi connectivity index (χ1n) is 10.6. The van der Waals surface area contributed by atoms with Crippen LogP contribution in [0.3, 0.4) is 0 Å². The summed E-state index contributed by atoms with van der Waals surface area (Å²) in [5.41, 5.74) is 2.89. The molecule has 31 heavy (non-hydrogen) atoms. The van der Waals surface area contributed by atoms with Gasteiger partial charge in [-0.25, -0.2) is 4.79 Å². The average molecular weight is 425 g/mol. The maximum Gasteiger partial charge on any atom is 0.419 e. The van der Waals surface area contributed by atoms with Gasteiger partial charge in [0.1, 0.15) is 5.75 Å². The summed E-state index contributed by atoms with van der Waals surface area (Å²) in [7, 11) is 1.66. The Hall–Kier alpha value is -3.10. The zero-order valence-electron chi connectivity index (χ0n) is 17.9. The first-order chi connectivity index (χ1) is 15.1. The van der Waals surface area contributed by atoms with Gasteiger partial charge in [0.15, 0.2) is 5.58 Å². The zero-order chi connectivity index (χ0) is 21.8. The maximum atomic E-state index is 12.8. The van der Waals surface area contributed by atoms with E-state index in [1.54, 1.807) is 23.8 Å². The number of piperazine rings is 1. The number of aryl methyl sites for hydroxylation is 1. The molecule has 1 aliphatic heterocycles. The number of nitrogens with one attached hydrogen (secondary N) is 2. The predicted molar refractivity (Wildman–Crippen MR) is 120 cm³/mol. The number of amides is 1. The summed E-state index contributed by atoms with van der Waals surface area (Å²) in [6.07, 6.45) is 0.838. The van der Waals surface area contributed by atoms with Crippen molar-refractivity contribution in [2.75, 3.05) is 38.6 Å². The molecular weight excluding hydrogens is 396 g/mol. The molecule has 2 heterocycles. The number of nitrogens with zero attached hydrogens (tertiary/aromatic N) is 2. The molecule has 8 heteroatoms. The van der Waals surface area contributed by atoms with Crippen molar-refractivity contribution in [1.29, 1.82) is 0 Å². The van der Waals surface area contributed by atoms with Gasteiger partial charge in [-0.05, 0) is 24.6 Å². The van der Waals surface area contributed by atoms with Gasteiger partial charge >= 0.3 is 5.76 Å². The third-order valence-electron chi connectivity index (χ3n) is 5.60. The van der Waals surface area contributed by atoms with Crippen LogP contribution in [-0.2, 0) is 11.3 Å². The van der Waals surface area contributed by atoms with Gasteiger partial charge in [0.2, 0.25) is 5.91 Å². The first kappa shape index (κ1) is 21.1. The molecule has 1 aromatic heterocycles. The van der Waals surface area contributed by atoms with Crippen molar-refractivity contribution in [3.8, 4) is 5.75 Å². The molecule has 2 aromatic carbocycles. The molecular formula is C23H28N4O4. The monoisotopic (exact) mass is 424 g/mol. The fourth-order valence-corrected chi connectivity index (χ4v) is 4.15. The van der Waals surface area contributed by atoms with Gasteiger partial charge in [-0.3, -0.25) is 14.3 Å². The van der Waals surface area contributed by atoms with Crippen molar-refractivity contribution < 1.29 is 13.9 Å². The fraction of sp³-hybridized carbons (Fsp3) is 0.391. The lowest BCUT2D eigenvalue weighted by molar-refractivity contribution is -0.118. The number of para-hydroxylation sites is 1. The molecule has 164 valence electrons. The summed E-state index contributed by atoms with van der Waals surface area (Å²) in [5.74, 6) is 0.330. The standard InChI is InChI=1S/C23H28N4O4/c1-3-11-27-18-9-8-16(13-21(18)31-23(27)29)25-22(28)15-26-12-10-24-14-19(26)17-6-4-5-7-20(17)30-2/h4-9,13,19,24H,3,10-12,14-15H2,1-2H3,(H,25,28). The number of carbonyl (C=O) groups is 1. The highest BCUT2D eigenvalue weighted by Crippen LogP contribution is 2.30. The number of fused-ring (bicyclic) bond motifs is 1. The summed E-state index contributed by atoms with van der Waals surface area (Å²) in [5, 5.41) is 6.34. The van der Waals surface area contributed by atoms with Crippen LogP contribution in [0.5, 0.6) is 5.75 Å². The van der Waals surface area contributed by atoms with Crippen molar-refractivity contribution in [3.05, 3.63) is 58.6 Å². The predicted octanol–water partition coefficient (Wildman–Crippen LogP) is 2.60. The average Bonchev–Trinajstić information content (AvgIpc) is 3.08. The van der Waals surface area contributed by atoms with Gasteiger partial charge in [-0.1, -0.05) is 25.1 Å². The molecule has 0 saturated carbocycles. The number of anilines is 1. The Labute approximate surface area is 180 Å². The number of ether oxygens (including phenoxy) is 1. The van der Waals surface area contributed by atoms with E-state index in [2.05, 4.69) is 15.5 Å². The molecule has 1 atom stereocenters. The van der Waals surface area contributed by atoms with Crippen LogP contribution in [0.4, 0.5) is 5.69 Å². The van der Waals surface area contributed by atoms with Crippen molar-refractivity contribution in [2.45, 2.75) is 25.9 Å².